The van der Waals surface area contributed by atoms with Crippen LogP contribution in [0.25, 0.3) is 0 Å². The quantitative estimate of drug-likeness (QED) is 0.148. The second-order valence-electron chi connectivity index (χ2n) is 11.4. The predicted octanol–water partition coefficient (Wildman–Crippen LogP) is 3.39. The summed E-state index contributed by atoms with van der Waals surface area (Å²) in [7, 11) is 1.61. The number of alkyl carbamates (subject to hydrolysis) is 1. The molecule has 3 unspecified atom stereocenters. The number of hydrogen-bond acceptors (Lipinski definition) is 8. The van der Waals surface area contributed by atoms with E-state index in [1.807, 2.05) is 84.9 Å². The van der Waals surface area contributed by atoms with Crippen LogP contribution in [-0.2, 0) is 43.0 Å². The van der Waals surface area contributed by atoms with Crippen LogP contribution in [-0.4, -0.2) is 87.2 Å². The van der Waals surface area contributed by atoms with Gasteiger partial charge in [-0.25, -0.2) is 4.79 Å². The van der Waals surface area contributed by atoms with Crippen molar-refractivity contribution in [2.24, 2.45) is 5.92 Å². The van der Waals surface area contributed by atoms with E-state index < -0.39 is 36.3 Å². The molecule has 1 aliphatic carbocycles. The maximum Gasteiger partial charge on any atom is 0.407 e. The van der Waals surface area contributed by atoms with E-state index in [-0.39, 0.29) is 25.5 Å². The van der Waals surface area contributed by atoms with E-state index in [2.05, 4.69) is 10.6 Å². The molecular weight excluding hydrogens is 588 g/mol. The van der Waals surface area contributed by atoms with Crippen LogP contribution in [0.15, 0.2) is 84.9 Å². The van der Waals surface area contributed by atoms with Gasteiger partial charge in [0.2, 0.25) is 5.91 Å². The van der Waals surface area contributed by atoms with Crippen LogP contribution in [0, 0.1) is 5.92 Å². The summed E-state index contributed by atoms with van der Waals surface area (Å²) in [6, 6.07) is 25.6. The molecule has 0 spiro atoms. The average molecular weight is 635 g/mol. The third-order valence-electron chi connectivity index (χ3n) is 8.05. The molecule has 0 radical (unpaired) electrons. The van der Waals surface area contributed by atoms with Crippen LogP contribution < -0.4 is 10.6 Å². The third kappa shape index (κ3) is 11.2. The van der Waals surface area contributed by atoms with E-state index in [0.29, 0.717) is 45.7 Å². The van der Waals surface area contributed by atoms with Crippen LogP contribution >= 0.6 is 0 Å². The molecule has 0 saturated carbocycles. The highest BCUT2D eigenvalue weighted by atomic mass is 16.6. The fourth-order valence-corrected chi connectivity index (χ4v) is 5.66. The van der Waals surface area contributed by atoms with E-state index in [0.717, 1.165) is 22.3 Å². The number of amides is 2. The lowest BCUT2D eigenvalue weighted by Gasteiger charge is -2.28. The Hall–Kier alpha value is -3.80. The number of fused-ring (bicyclic) bond motifs is 1. The molecule has 0 aromatic heterocycles. The van der Waals surface area contributed by atoms with Crippen molar-refractivity contribution in [3.8, 4) is 0 Å². The third-order valence-corrected chi connectivity index (χ3v) is 8.05. The normalized spacial score (nSPS) is 17.5. The fourth-order valence-electron chi connectivity index (χ4n) is 5.66. The lowest BCUT2D eigenvalue weighted by molar-refractivity contribution is -0.127. The number of carbonyl (C=O) groups is 2. The summed E-state index contributed by atoms with van der Waals surface area (Å²) in [4.78, 5) is 26.6. The number of nitrogens with one attached hydrogen (secondary N) is 2. The number of aliphatic hydroxyl groups excluding tert-OH is 2. The Bertz CT molecular complexity index is 1330. The van der Waals surface area contributed by atoms with Gasteiger partial charge in [0.1, 0.15) is 6.61 Å². The zero-order chi connectivity index (χ0) is 32.6. The highest BCUT2D eigenvalue weighted by Gasteiger charge is 2.35. The summed E-state index contributed by atoms with van der Waals surface area (Å²) in [5, 5.41) is 28.2. The van der Waals surface area contributed by atoms with Crippen LogP contribution in [0.2, 0.25) is 0 Å². The van der Waals surface area contributed by atoms with Gasteiger partial charge < -0.3 is 39.8 Å². The van der Waals surface area contributed by atoms with E-state index in [1.54, 1.807) is 7.11 Å². The summed E-state index contributed by atoms with van der Waals surface area (Å²) >= 11 is 0. The second kappa shape index (κ2) is 19.0. The topological polar surface area (TPSA) is 136 Å². The molecule has 4 N–H and O–H groups in total. The highest BCUT2D eigenvalue weighted by Crippen LogP contribution is 2.32. The molecule has 46 heavy (non-hydrogen) atoms. The molecule has 0 bridgehead atoms. The van der Waals surface area contributed by atoms with Crippen molar-refractivity contribution in [1.82, 2.24) is 10.6 Å². The first-order valence-corrected chi connectivity index (χ1v) is 15.8. The van der Waals surface area contributed by atoms with Crippen molar-refractivity contribution < 1.29 is 38.7 Å². The van der Waals surface area contributed by atoms with Crippen LogP contribution in [0.3, 0.4) is 0 Å². The minimum absolute atomic E-state index is 0.0300. The summed E-state index contributed by atoms with van der Waals surface area (Å²) in [5.74, 6) is -0.902. The zero-order valence-electron chi connectivity index (χ0n) is 26.4. The van der Waals surface area contributed by atoms with Gasteiger partial charge in [-0.1, -0.05) is 84.9 Å². The number of ether oxygens (including phenoxy) is 4. The standard InChI is InChI=1S/C36H46N2O8/c1-43-16-17-44-18-19-45-20-21-46-36(42)37-31(23-27-12-6-3-7-13-27)32(39)25-29(22-26-10-4-2-5-11-26)35(41)38-34-30-15-9-8-14-28(30)24-33(34)40/h2-15,29,31-34,39-40H,16-25H2,1H3,(H,37,42)(H,38,41)/t29?,31?,32?,33-,34-/m0/s1. The Morgan fingerprint density at radius 1 is 0.804 bits per heavy atom. The number of carbonyl (C=O) groups excluding carboxylic acids is 2. The smallest absolute Gasteiger partial charge is 0.407 e. The van der Waals surface area contributed by atoms with Gasteiger partial charge >= 0.3 is 6.09 Å². The highest BCUT2D eigenvalue weighted by molar-refractivity contribution is 5.80. The van der Waals surface area contributed by atoms with Crippen molar-refractivity contribution in [2.45, 2.75) is 50.0 Å². The van der Waals surface area contributed by atoms with Crippen LogP contribution in [0.1, 0.15) is 34.7 Å². The lowest BCUT2D eigenvalue weighted by atomic mass is 9.88. The van der Waals surface area contributed by atoms with Gasteiger partial charge in [0.05, 0.1) is 57.3 Å². The molecule has 0 fully saturated rings. The van der Waals surface area contributed by atoms with Crippen molar-refractivity contribution in [3.63, 3.8) is 0 Å². The summed E-state index contributed by atoms with van der Waals surface area (Å²) in [6.45, 7) is 1.98. The van der Waals surface area contributed by atoms with Crippen molar-refractivity contribution in [1.29, 1.82) is 0 Å². The molecular formula is C36H46N2O8. The van der Waals surface area contributed by atoms with Gasteiger partial charge in [-0.3, -0.25) is 4.79 Å². The minimum Gasteiger partial charge on any atom is -0.447 e. The van der Waals surface area contributed by atoms with Crippen molar-refractivity contribution in [2.75, 3.05) is 46.8 Å². The van der Waals surface area contributed by atoms with Gasteiger partial charge in [-0.2, -0.15) is 0 Å². The first kappa shape index (κ1) is 35.1. The molecule has 5 atom stereocenters. The Labute approximate surface area is 271 Å². The van der Waals surface area contributed by atoms with Crippen LogP contribution in [0.4, 0.5) is 4.79 Å². The summed E-state index contributed by atoms with van der Waals surface area (Å²) < 4.78 is 21.0. The molecule has 3 aromatic carbocycles. The first-order valence-electron chi connectivity index (χ1n) is 15.8. The van der Waals surface area contributed by atoms with Gasteiger partial charge in [0.15, 0.2) is 0 Å². The minimum atomic E-state index is -1.08. The Morgan fingerprint density at radius 3 is 2.07 bits per heavy atom. The monoisotopic (exact) mass is 634 g/mol. The summed E-state index contributed by atoms with van der Waals surface area (Å²) in [6.07, 6.45) is -1.24. The molecule has 1 aliphatic rings. The second-order valence-corrected chi connectivity index (χ2v) is 11.4. The molecule has 248 valence electrons. The number of methoxy groups -OCH3 is 1. The maximum atomic E-state index is 13.8. The first-order chi connectivity index (χ1) is 22.4. The van der Waals surface area contributed by atoms with Gasteiger partial charge in [-0.05, 0) is 41.5 Å². The number of hydrogen-bond donors (Lipinski definition) is 4. The fraction of sp³-hybridized carbons (Fsp3) is 0.444. The number of benzene rings is 3. The Kier molecular flexibility index (Phi) is 14.5. The van der Waals surface area contributed by atoms with Crippen LogP contribution in [0.5, 0.6) is 0 Å². The van der Waals surface area contributed by atoms with E-state index in [4.69, 9.17) is 18.9 Å². The maximum absolute atomic E-state index is 13.8. The number of rotatable bonds is 19. The van der Waals surface area contributed by atoms with Gasteiger partial charge in [0, 0.05) is 19.4 Å². The zero-order valence-corrected chi connectivity index (χ0v) is 26.4. The largest absolute Gasteiger partial charge is 0.447 e. The molecule has 0 heterocycles. The molecule has 2 amide bonds. The van der Waals surface area contributed by atoms with E-state index >= 15 is 0 Å². The molecule has 0 saturated heterocycles. The molecule has 10 nitrogen and oxygen atoms in total. The van der Waals surface area contributed by atoms with Gasteiger partial charge in [-0.15, -0.1) is 0 Å². The molecule has 0 aliphatic heterocycles. The van der Waals surface area contributed by atoms with E-state index in [1.165, 1.54) is 0 Å². The SMILES string of the molecule is COCCOCCOCCOC(=O)NC(Cc1ccccc1)C(O)CC(Cc1ccccc1)C(=O)N[C@H]1c2ccccc2C[C@@H]1O. The van der Waals surface area contributed by atoms with Crippen molar-refractivity contribution >= 4 is 12.0 Å². The molecule has 4 rings (SSSR count). The van der Waals surface area contributed by atoms with E-state index in [9.17, 15) is 19.8 Å². The number of aliphatic hydroxyl groups is 2. The lowest BCUT2D eigenvalue weighted by Crippen LogP contribution is -2.47. The Balaban J connectivity index is 1.40. The van der Waals surface area contributed by atoms with Crippen molar-refractivity contribution in [3.05, 3.63) is 107 Å². The van der Waals surface area contributed by atoms with Gasteiger partial charge in [0.25, 0.3) is 0 Å². The summed E-state index contributed by atoms with van der Waals surface area (Å²) in [5.41, 5.74) is 3.76. The average Bonchev–Trinajstić information content (AvgIpc) is 3.38. The molecule has 10 heteroatoms. The predicted molar refractivity (Wildman–Crippen MR) is 173 cm³/mol. The Morgan fingerprint density at radius 2 is 1.39 bits per heavy atom. The molecule has 3 aromatic rings.